The summed E-state index contributed by atoms with van der Waals surface area (Å²) in [6, 6.07) is 19.5. The highest BCUT2D eigenvalue weighted by atomic mass is 35.5. The highest BCUT2D eigenvalue weighted by molar-refractivity contribution is 7.89. The van der Waals surface area contributed by atoms with Crippen molar-refractivity contribution in [3.05, 3.63) is 82.3 Å². The summed E-state index contributed by atoms with van der Waals surface area (Å²) in [6.45, 7) is 2.90. The fraction of sp³-hybridized carbons (Fsp3) is 0.321. The summed E-state index contributed by atoms with van der Waals surface area (Å²) >= 11 is 12.6. The van der Waals surface area contributed by atoms with Gasteiger partial charge in [-0.15, -0.1) is 0 Å². The molecule has 1 unspecified atom stereocenters. The van der Waals surface area contributed by atoms with E-state index in [0.29, 0.717) is 22.3 Å². The van der Waals surface area contributed by atoms with Crippen LogP contribution in [0.4, 0.5) is 5.69 Å². The quantitative estimate of drug-likeness (QED) is 0.387. The number of benzene rings is 3. The van der Waals surface area contributed by atoms with Crippen LogP contribution in [0.3, 0.4) is 0 Å². The Morgan fingerprint density at radius 2 is 1.50 bits per heavy atom. The molecule has 0 spiro atoms. The monoisotopic (exact) mass is 574 g/mol. The van der Waals surface area contributed by atoms with Crippen molar-refractivity contribution in [1.29, 1.82) is 0 Å². The third kappa shape index (κ3) is 6.94. The van der Waals surface area contributed by atoms with Crippen LogP contribution in [0, 0.1) is 0 Å². The predicted molar refractivity (Wildman–Crippen MR) is 154 cm³/mol. The standard InChI is InChI=1S/C28H32Cl2N4O3S/c1-32(2)19-28(35)34(23-11-14-25(29)26(30)17-23)27(18-33-15-3-4-16-33)22-7-5-20(6-8-22)21-9-12-24(13-10-21)38(31,36)37/h5-14,17,27H,3-4,15-16,18-19H2,1-2H3,(H2,31,36,37). The van der Waals surface area contributed by atoms with Gasteiger partial charge in [-0.3, -0.25) is 4.79 Å². The number of carbonyl (C=O) groups is 1. The van der Waals surface area contributed by atoms with Crippen LogP contribution in [-0.4, -0.2) is 64.4 Å². The molecule has 4 rings (SSSR count). The van der Waals surface area contributed by atoms with E-state index in [4.69, 9.17) is 28.3 Å². The number of carbonyl (C=O) groups excluding carboxylic acids is 1. The molecule has 1 atom stereocenters. The van der Waals surface area contributed by atoms with Crippen molar-refractivity contribution in [2.24, 2.45) is 5.14 Å². The summed E-state index contributed by atoms with van der Waals surface area (Å²) < 4.78 is 23.2. The molecule has 3 aromatic carbocycles. The molecule has 2 N–H and O–H groups in total. The first-order valence-electron chi connectivity index (χ1n) is 12.4. The molecule has 1 amide bonds. The fourth-order valence-electron chi connectivity index (χ4n) is 4.76. The maximum atomic E-state index is 13.7. The Morgan fingerprint density at radius 1 is 0.921 bits per heavy atom. The van der Waals surface area contributed by atoms with Gasteiger partial charge in [-0.2, -0.15) is 0 Å². The van der Waals surface area contributed by atoms with Crippen LogP contribution < -0.4 is 10.0 Å². The number of hydrogen-bond donors (Lipinski definition) is 1. The van der Waals surface area contributed by atoms with Crippen molar-refractivity contribution in [2.75, 3.05) is 45.2 Å². The van der Waals surface area contributed by atoms with Gasteiger partial charge in [0.25, 0.3) is 0 Å². The van der Waals surface area contributed by atoms with E-state index in [9.17, 15) is 13.2 Å². The molecule has 202 valence electrons. The molecule has 0 saturated carbocycles. The van der Waals surface area contributed by atoms with Crippen molar-refractivity contribution >= 4 is 44.8 Å². The van der Waals surface area contributed by atoms with Crippen LogP contribution in [0.5, 0.6) is 0 Å². The summed E-state index contributed by atoms with van der Waals surface area (Å²) in [5.74, 6) is -0.0414. The van der Waals surface area contributed by atoms with Gasteiger partial charge in [0.15, 0.2) is 0 Å². The highest BCUT2D eigenvalue weighted by Gasteiger charge is 2.30. The average molecular weight is 576 g/mol. The van der Waals surface area contributed by atoms with Gasteiger partial charge in [-0.1, -0.05) is 59.6 Å². The predicted octanol–water partition coefficient (Wildman–Crippen LogP) is 5.04. The van der Waals surface area contributed by atoms with E-state index < -0.39 is 10.0 Å². The molecule has 1 aliphatic heterocycles. The smallest absolute Gasteiger partial charge is 0.241 e. The number of likely N-dealkylation sites (N-methyl/N-ethyl adjacent to an activating group) is 1. The zero-order valence-corrected chi connectivity index (χ0v) is 23.8. The Balaban J connectivity index is 1.73. The molecule has 7 nitrogen and oxygen atoms in total. The summed E-state index contributed by atoms with van der Waals surface area (Å²) in [5.41, 5.74) is 3.47. The van der Waals surface area contributed by atoms with E-state index in [-0.39, 0.29) is 23.4 Å². The van der Waals surface area contributed by atoms with Gasteiger partial charge < -0.3 is 14.7 Å². The van der Waals surface area contributed by atoms with E-state index in [2.05, 4.69) is 4.90 Å². The molecule has 3 aromatic rings. The van der Waals surface area contributed by atoms with Crippen LogP contribution in [0.15, 0.2) is 71.6 Å². The van der Waals surface area contributed by atoms with E-state index in [1.807, 2.05) is 54.2 Å². The third-order valence-electron chi connectivity index (χ3n) is 6.65. The number of sulfonamides is 1. The first kappa shape index (κ1) is 28.5. The van der Waals surface area contributed by atoms with Crippen molar-refractivity contribution < 1.29 is 13.2 Å². The molecular formula is C28H32Cl2N4O3S. The van der Waals surface area contributed by atoms with Gasteiger partial charge >= 0.3 is 0 Å². The number of likely N-dealkylation sites (tertiary alicyclic amines) is 1. The van der Waals surface area contributed by atoms with Gasteiger partial charge in [-0.05, 0) is 87.0 Å². The van der Waals surface area contributed by atoms with Crippen LogP contribution >= 0.6 is 23.2 Å². The van der Waals surface area contributed by atoms with Gasteiger partial charge in [0.05, 0.1) is 27.5 Å². The summed E-state index contributed by atoms with van der Waals surface area (Å²) in [4.78, 5) is 19.8. The third-order valence-corrected chi connectivity index (χ3v) is 8.32. The Hall–Kier alpha value is -2.46. The minimum atomic E-state index is -3.75. The summed E-state index contributed by atoms with van der Waals surface area (Å²) in [5, 5.41) is 6.06. The molecule has 1 heterocycles. The van der Waals surface area contributed by atoms with E-state index in [1.165, 1.54) is 12.1 Å². The number of halogens is 2. The molecule has 0 bridgehead atoms. The number of amides is 1. The van der Waals surface area contributed by atoms with E-state index in [1.54, 1.807) is 24.3 Å². The lowest BCUT2D eigenvalue weighted by Crippen LogP contribution is -2.44. The molecule has 1 aliphatic rings. The molecule has 38 heavy (non-hydrogen) atoms. The topological polar surface area (TPSA) is 86.9 Å². The van der Waals surface area contributed by atoms with E-state index >= 15 is 0 Å². The van der Waals surface area contributed by atoms with Crippen LogP contribution in [0.2, 0.25) is 10.0 Å². The molecule has 10 heteroatoms. The number of nitrogens with two attached hydrogens (primary N) is 1. The highest BCUT2D eigenvalue weighted by Crippen LogP contribution is 2.34. The second kappa shape index (κ2) is 12.2. The van der Waals surface area contributed by atoms with Crippen LogP contribution in [0.25, 0.3) is 11.1 Å². The molecule has 0 radical (unpaired) electrons. The maximum Gasteiger partial charge on any atom is 0.241 e. The molecule has 1 saturated heterocycles. The second-order valence-electron chi connectivity index (χ2n) is 9.81. The zero-order chi connectivity index (χ0) is 27.4. The second-order valence-corrected chi connectivity index (χ2v) is 12.2. The zero-order valence-electron chi connectivity index (χ0n) is 21.5. The Kier molecular flexibility index (Phi) is 9.13. The molecule has 0 aliphatic carbocycles. The van der Waals surface area contributed by atoms with Crippen molar-refractivity contribution in [3.8, 4) is 11.1 Å². The first-order valence-corrected chi connectivity index (χ1v) is 14.7. The van der Waals surface area contributed by atoms with Crippen LogP contribution in [-0.2, 0) is 14.8 Å². The molecular weight excluding hydrogens is 543 g/mol. The largest absolute Gasteiger partial charge is 0.302 e. The van der Waals surface area contributed by atoms with Gasteiger partial charge in [0.1, 0.15) is 0 Å². The number of nitrogens with zero attached hydrogens (tertiary/aromatic N) is 3. The van der Waals surface area contributed by atoms with Gasteiger partial charge in [-0.25, -0.2) is 13.6 Å². The van der Waals surface area contributed by atoms with Crippen molar-refractivity contribution in [1.82, 2.24) is 9.80 Å². The van der Waals surface area contributed by atoms with E-state index in [0.717, 1.165) is 42.6 Å². The maximum absolute atomic E-state index is 13.7. The minimum absolute atomic E-state index is 0.0414. The Labute approximate surface area is 234 Å². The van der Waals surface area contributed by atoms with Crippen molar-refractivity contribution in [2.45, 2.75) is 23.8 Å². The Morgan fingerprint density at radius 3 is 2.03 bits per heavy atom. The summed E-state index contributed by atoms with van der Waals surface area (Å²) in [7, 11) is -0.0104. The number of hydrogen-bond acceptors (Lipinski definition) is 5. The normalized spacial score (nSPS) is 15.1. The number of primary sulfonamides is 1. The minimum Gasteiger partial charge on any atom is -0.302 e. The fourth-order valence-corrected chi connectivity index (χ4v) is 5.57. The van der Waals surface area contributed by atoms with Crippen molar-refractivity contribution in [3.63, 3.8) is 0 Å². The SMILES string of the molecule is CN(C)CC(=O)N(c1ccc(Cl)c(Cl)c1)C(CN1CCCC1)c1ccc(-c2ccc(S(N)(=O)=O)cc2)cc1. The molecule has 0 aromatic heterocycles. The lowest BCUT2D eigenvalue weighted by atomic mass is 9.98. The Bertz CT molecular complexity index is 1370. The summed E-state index contributed by atoms with van der Waals surface area (Å²) in [6.07, 6.45) is 2.27. The molecule has 1 fully saturated rings. The lowest BCUT2D eigenvalue weighted by molar-refractivity contribution is -0.119. The average Bonchev–Trinajstić information content (AvgIpc) is 3.38. The first-order chi connectivity index (χ1) is 18.0. The van der Waals surface area contributed by atoms with Gasteiger partial charge in [0, 0.05) is 12.2 Å². The number of rotatable bonds is 9. The van der Waals surface area contributed by atoms with Crippen LogP contribution in [0.1, 0.15) is 24.4 Å². The van der Waals surface area contributed by atoms with Gasteiger partial charge in [0.2, 0.25) is 15.9 Å². The lowest BCUT2D eigenvalue weighted by Gasteiger charge is -2.36. The number of anilines is 1.